The number of anilines is 3. The lowest BCUT2D eigenvalue weighted by atomic mass is 9.94. The molecule has 2 heterocycles. The summed E-state index contributed by atoms with van der Waals surface area (Å²) in [5.74, 6) is 0. The molecule has 0 atom stereocenters. The maximum absolute atomic E-state index is 6.77. The lowest BCUT2D eigenvalue weighted by molar-refractivity contribution is 0.669. The maximum atomic E-state index is 6.77. The molecule has 9 aromatic carbocycles. The minimum Gasteiger partial charge on any atom is -0.456 e. The molecule has 0 aliphatic rings. The van der Waals surface area contributed by atoms with Gasteiger partial charge in [-0.25, -0.2) is 0 Å². The molecule has 2 aromatic heterocycles. The Morgan fingerprint density at radius 2 is 0.800 bits per heavy atom. The van der Waals surface area contributed by atoms with E-state index in [0.717, 1.165) is 88.4 Å². The van der Waals surface area contributed by atoms with E-state index in [1.807, 2.05) is 18.2 Å². The molecule has 3 nitrogen and oxygen atoms in total. The van der Waals surface area contributed by atoms with E-state index < -0.39 is 0 Å². The molecule has 0 aliphatic heterocycles. The van der Waals surface area contributed by atoms with Crippen molar-refractivity contribution in [1.82, 2.24) is 0 Å². The predicted octanol–water partition coefficient (Wildman–Crippen LogP) is 15.1. The maximum Gasteiger partial charge on any atom is 0.143 e. The van der Waals surface area contributed by atoms with Gasteiger partial charge in [-0.05, 0) is 87.8 Å². The smallest absolute Gasteiger partial charge is 0.143 e. The van der Waals surface area contributed by atoms with Crippen LogP contribution in [-0.2, 0) is 0 Å². The number of rotatable bonds is 6. The van der Waals surface area contributed by atoms with Crippen LogP contribution in [0.5, 0.6) is 0 Å². The Balaban J connectivity index is 1.06. The van der Waals surface area contributed by atoms with Gasteiger partial charge in [-0.1, -0.05) is 146 Å². The van der Waals surface area contributed by atoms with Gasteiger partial charge in [0.2, 0.25) is 0 Å². The summed E-state index contributed by atoms with van der Waals surface area (Å²) in [6.45, 7) is 0. The van der Waals surface area contributed by atoms with Gasteiger partial charge < -0.3 is 13.7 Å². The van der Waals surface area contributed by atoms with Crippen molar-refractivity contribution in [3.8, 4) is 33.4 Å². The molecular weight excluding hydrogens is 671 g/mol. The fraction of sp³-hybridized carbons (Fsp3) is 0. The summed E-state index contributed by atoms with van der Waals surface area (Å²) in [6, 6.07) is 70.9. The fourth-order valence-corrected chi connectivity index (χ4v) is 8.23. The highest BCUT2D eigenvalue weighted by atomic mass is 16.3. The molecular formula is C52H33NO2. The molecule has 0 N–H and O–H groups in total. The van der Waals surface area contributed by atoms with E-state index in [9.17, 15) is 0 Å². The van der Waals surface area contributed by atoms with E-state index in [4.69, 9.17) is 8.83 Å². The van der Waals surface area contributed by atoms with Gasteiger partial charge in [-0.3, -0.25) is 0 Å². The first-order valence-electron chi connectivity index (χ1n) is 18.7. The topological polar surface area (TPSA) is 29.5 Å². The van der Waals surface area contributed by atoms with Crippen LogP contribution in [0.4, 0.5) is 17.1 Å². The van der Waals surface area contributed by atoms with Crippen molar-refractivity contribution in [2.45, 2.75) is 0 Å². The average molecular weight is 704 g/mol. The summed E-state index contributed by atoms with van der Waals surface area (Å²) < 4.78 is 13.0. The molecule has 11 aromatic rings. The monoisotopic (exact) mass is 703 g/mol. The fourth-order valence-electron chi connectivity index (χ4n) is 8.23. The first kappa shape index (κ1) is 31.2. The molecule has 258 valence electrons. The van der Waals surface area contributed by atoms with Gasteiger partial charge in [-0.15, -0.1) is 0 Å². The third-order valence-corrected chi connectivity index (χ3v) is 10.9. The molecule has 0 radical (unpaired) electrons. The molecule has 0 unspecified atom stereocenters. The average Bonchev–Trinajstić information content (AvgIpc) is 3.83. The zero-order valence-corrected chi connectivity index (χ0v) is 29.8. The number of benzene rings is 9. The molecule has 11 rings (SSSR count). The van der Waals surface area contributed by atoms with Crippen LogP contribution in [-0.4, -0.2) is 0 Å². The molecule has 55 heavy (non-hydrogen) atoms. The highest BCUT2D eigenvalue weighted by Crippen LogP contribution is 2.44. The summed E-state index contributed by atoms with van der Waals surface area (Å²) in [5.41, 5.74) is 13.7. The molecule has 0 saturated heterocycles. The van der Waals surface area contributed by atoms with E-state index in [1.54, 1.807) is 0 Å². The Morgan fingerprint density at radius 1 is 0.273 bits per heavy atom. The Kier molecular flexibility index (Phi) is 7.17. The molecule has 0 saturated carbocycles. The van der Waals surface area contributed by atoms with Crippen molar-refractivity contribution in [2.75, 3.05) is 4.90 Å². The van der Waals surface area contributed by atoms with Crippen LogP contribution < -0.4 is 4.90 Å². The van der Waals surface area contributed by atoms with Crippen LogP contribution in [0.15, 0.2) is 209 Å². The van der Waals surface area contributed by atoms with Gasteiger partial charge in [0.05, 0.1) is 0 Å². The Bertz CT molecular complexity index is 3180. The predicted molar refractivity (Wildman–Crippen MR) is 229 cm³/mol. The second-order valence-corrected chi connectivity index (χ2v) is 14.1. The molecule has 0 fully saturated rings. The lowest BCUT2D eigenvalue weighted by Crippen LogP contribution is -2.09. The quantitative estimate of drug-likeness (QED) is 0.173. The van der Waals surface area contributed by atoms with Crippen LogP contribution in [0.2, 0.25) is 0 Å². The molecule has 0 amide bonds. The van der Waals surface area contributed by atoms with Crippen molar-refractivity contribution in [2.24, 2.45) is 0 Å². The van der Waals surface area contributed by atoms with E-state index in [-0.39, 0.29) is 0 Å². The first-order chi connectivity index (χ1) is 27.3. The summed E-state index contributed by atoms with van der Waals surface area (Å²) >= 11 is 0. The molecule has 3 heteroatoms. The van der Waals surface area contributed by atoms with Gasteiger partial charge in [-0.2, -0.15) is 0 Å². The molecule has 0 spiro atoms. The SMILES string of the molecule is c1ccc(-c2ccc(N(c3ccc(-c4cc5c6cccc(-c7ccccc7)c6oc5c5ccccc45)cc3)c3ccc4oc5ccccc5c4c3)cc2)cc1. The Hall–Kier alpha value is -7.36. The van der Waals surface area contributed by atoms with E-state index >= 15 is 0 Å². The van der Waals surface area contributed by atoms with Crippen LogP contribution in [0.25, 0.3) is 88.0 Å². The van der Waals surface area contributed by atoms with Crippen molar-refractivity contribution >= 4 is 71.7 Å². The third-order valence-electron chi connectivity index (χ3n) is 10.9. The van der Waals surface area contributed by atoms with Crippen molar-refractivity contribution in [3.63, 3.8) is 0 Å². The van der Waals surface area contributed by atoms with Gasteiger partial charge in [0, 0.05) is 49.6 Å². The van der Waals surface area contributed by atoms with Crippen LogP contribution in [0, 0.1) is 0 Å². The normalized spacial score (nSPS) is 11.6. The number of nitrogens with zero attached hydrogens (tertiary/aromatic N) is 1. The standard InChI is InChI=1S/C52H33NO2/c1-3-12-34(13-4-1)35-22-26-38(27-23-35)53(40-30-31-50-47(32-40)43-17-9-10-21-49(43)54-50)39-28-24-37(25-29-39)46-33-48-45-20-11-19-41(36-14-5-2-6-15-36)51(45)55-52(48)44-18-8-7-16-42(44)46/h1-33H. The molecule has 0 bridgehead atoms. The minimum absolute atomic E-state index is 0.879. The van der Waals surface area contributed by atoms with Gasteiger partial charge >= 0.3 is 0 Å². The summed E-state index contributed by atoms with van der Waals surface area (Å²) in [5, 5.41) is 6.71. The largest absolute Gasteiger partial charge is 0.456 e. The third kappa shape index (κ3) is 5.20. The first-order valence-corrected chi connectivity index (χ1v) is 18.7. The van der Waals surface area contributed by atoms with Crippen LogP contribution in [0.3, 0.4) is 0 Å². The Morgan fingerprint density at radius 3 is 1.55 bits per heavy atom. The minimum atomic E-state index is 0.879. The van der Waals surface area contributed by atoms with Gasteiger partial charge in [0.1, 0.15) is 22.3 Å². The highest BCUT2D eigenvalue weighted by molar-refractivity contribution is 6.20. The zero-order valence-electron chi connectivity index (χ0n) is 29.8. The number of furan rings is 2. The second kappa shape index (κ2) is 12.6. The van der Waals surface area contributed by atoms with Crippen molar-refractivity contribution in [3.05, 3.63) is 200 Å². The van der Waals surface area contributed by atoms with E-state index in [0.29, 0.717) is 0 Å². The van der Waals surface area contributed by atoms with E-state index in [1.165, 1.54) is 16.7 Å². The number of hydrogen-bond acceptors (Lipinski definition) is 3. The van der Waals surface area contributed by atoms with Crippen LogP contribution in [0.1, 0.15) is 0 Å². The summed E-state index contributed by atoms with van der Waals surface area (Å²) in [6.07, 6.45) is 0. The van der Waals surface area contributed by atoms with E-state index in [2.05, 4.69) is 187 Å². The number of para-hydroxylation sites is 2. The number of fused-ring (bicyclic) bond motifs is 8. The van der Waals surface area contributed by atoms with Crippen LogP contribution >= 0.6 is 0 Å². The summed E-state index contributed by atoms with van der Waals surface area (Å²) in [4.78, 5) is 2.33. The van der Waals surface area contributed by atoms with Gasteiger partial charge in [0.15, 0.2) is 0 Å². The zero-order chi connectivity index (χ0) is 36.3. The molecule has 0 aliphatic carbocycles. The highest BCUT2D eigenvalue weighted by Gasteiger charge is 2.19. The Labute approximate surface area is 317 Å². The van der Waals surface area contributed by atoms with Crippen molar-refractivity contribution in [1.29, 1.82) is 0 Å². The summed E-state index contributed by atoms with van der Waals surface area (Å²) in [7, 11) is 0. The second-order valence-electron chi connectivity index (χ2n) is 14.1. The lowest BCUT2D eigenvalue weighted by Gasteiger charge is -2.26. The van der Waals surface area contributed by atoms with Gasteiger partial charge in [0.25, 0.3) is 0 Å². The number of hydrogen-bond donors (Lipinski definition) is 0. The van der Waals surface area contributed by atoms with Crippen molar-refractivity contribution < 1.29 is 8.83 Å².